The molecule has 1 fully saturated rings. The van der Waals surface area contributed by atoms with Crippen molar-refractivity contribution in [1.29, 1.82) is 0 Å². The lowest BCUT2D eigenvalue weighted by Crippen LogP contribution is -2.42. The number of nitrogens with zero attached hydrogens (tertiary/aromatic N) is 7. The topological polar surface area (TPSA) is 84.6 Å². The SMILES string of the molecule is Cc1cc(F)ccc1CNC1CCN(c2nnc(-c3ccnn3C)c3nccnc23)CC1. The average molecular weight is 433 g/mol. The highest BCUT2D eigenvalue weighted by atomic mass is 19.1. The van der Waals surface area contributed by atoms with Gasteiger partial charge in [0.15, 0.2) is 5.82 Å². The van der Waals surface area contributed by atoms with E-state index in [1.807, 2.05) is 26.1 Å². The van der Waals surface area contributed by atoms with Crippen molar-refractivity contribution in [1.82, 2.24) is 35.3 Å². The fourth-order valence-corrected chi connectivity index (χ4v) is 4.27. The number of benzene rings is 1. The van der Waals surface area contributed by atoms with Gasteiger partial charge >= 0.3 is 0 Å². The van der Waals surface area contributed by atoms with Gasteiger partial charge in [0.2, 0.25) is 0 Å². The van der Waals surface area contributed by atoms with Crippen LogP contribution in [-0.4, -0.2) is 49.1 Å². The van der Waals surface area contributed by atoms with E-state index in [9.17, 15) is 4.39 Å². The molecule has 0 aliphatic carbocycles. The van der Waals surface area contributed by atoms with Gasteiger partial charge in [-0.3, -0.25) is 9.67 Å². The highest BCUT2D eigenvalue weighted by molar-refractivity contribution is 5.94. The Hall–Kier alpha value is -3.46. The summed E-state index contributed by atoms with van der Waals surface area (Å²) in [5.74, 6) is 0.581. The maximum absolute atomic E-state index is 13.3. The molecule has 0 saturated carbocycles. The number of nitrogens with one attached hydrogen (secondary N) is 1. The molecule has 1 aliphatic rings. The molecule has 9 heteroatoms. The van der Waals surface area contributed by atoms with Gasteiger partial charge in [0.05, 0.1) is 5.69 Å². The van der Waals surface area contributed by atoms with Gasteiger partial charge in [0.1, 0.15) is 22.5 Å². The maximum atomic E-state index is 13.3. The number of anilines is 1. The maximum Gasteiger partial charge on any atom is 0.179 e. The number of aromatic nitrogens is 6. The van der Waals surface area contributed by atoms with E-state index >= 15 is 0 Å². The van der Waals surface area contributed by atoms with Gasteiger partial charge in [0.25, 0.3) is 0 Å². The molecule has 4 heterocycles. The van der Waals surface area contributed by atoms with E-state index in [0.29, 0.717) is 11.7 Å². The van der Waals surface area contributed by atoms with E-state index in [-0.39, 0.29) is 5.82 Å². The van der Waals surface area contributed by atoms with Crippen molar-refractivity contribution in [3.05, 3.63) is 59.8 Å². The molecule has 32 heavy (non-hydrogen) atoms. The van der Waals surface area contributed by atoms with Gasteiger partial charge in [-0.25, -0.2) is 9.37 Å². The number of piperidine rings is 1. The summed E-state index contributed by atoms with van der Waals surface area (Å²) in [6.07, 6.45) is 7.07. The van der Waals surface area contributed by atoms with Crippen molar-refractivity contribution in [2.45, 2.75) is 32.4 Å². The van der Waals surface area contributed by atoms with Crippen LogP contribution in [0, 0.1) is 12.7 Å². The standard InChI is InChI=1S/C23H25FN8/c1-15-13-17(24)4-3-16(15)14-27-18-6-11-32(12-7-18)23-22-21(25-9-10-26-22)20(29-30-23)19-5-8-28-31(19)2/h3-5,8-10,13,18,27H,6-7,11-12,14H2,1-2H3. The molecule has 164 valence electrons. The van der Waals surface area contributed by atoms with Crippen molar-refractivity contribution in [2.24, 2.45) is 7.05 Å². The molecule has 0 unspecified atom stereocenters. The highest BCUT2D eigenvalue weighted by Crippen LogP contribution is 2.29. The van der Waals surface area contributed by atoms with Crippen molar-refractivity contribution < 1.29 is 4.39 Å². The molecule has 1 aliphatic heterocycles. The molecule has 8 nitrogen and oxygen atoms in total. The van der Waals surface area contributed by atoms with E-state index in [4.69, 9.17) is 0 Å². The third-order valence-electron chi connectivity index (χ3n) is 6.12. The minimum atomic E-state index is -0.189. The fourth-order valence-electron chi connectivity index (χ4n) is 4.27. The third kappa shape index (κ3) is 3.91. The van der Waals surface area contributed by atoms with E-state index in [1.165, 1.54) is 6.07 Å². The van der Waals surface area contributed by atoms with Crippen LogP contribution in [0.5, 0.6) is 0 Å². The molecule has 1 saturated heterocycles. The van der Waals surface area contributed by atoms with Gasteiger partial charge in [0, 0.05) is 51.3 Å². The second kappa shape index (κ2) is 8.58. The molecule has 5 rings (SSSR count). The first-order valence-electron chi connectivity index (χ1n) is 10.8. The summed E-state index contributed by atoms with van der Waals surface area (Å²) >= 11 is 0. The number of hydrogen-bond donors (Lipinski definition) is 1. The van der Waals surface area contributed by atoms with Crippen LogP contribution < -0.4 is 10.2 Å². The van der Waals surface area contributed by atoms with Crippen molar-refractivity contribution >= 4 is 16.9 Å². The monoisotopic (exact) mass is 432 g/mol. The molecule has 0 atom stereocenters. The summed E-state index contributed by atoms with van der Waals surface area (Å²) < 4.78 is 15.1. The zero-order valence-corrected chi connectivity index (χ0v) is 18.2. The number of halogens is 1. The number of aryl methyl sites for hydroxylation is 2. The lowest BCUT2D eigenvalue weighted by molar-refractivity contribution is 0.412. The molecular formula is C23H25FN8. The van der Waals surface area contributed by atoms with Crippen LogP contribution in [-0.2, 0) is 13.6 Å². The first-order valence-corrected chi connectivity index (χ1v) is 10.8. The Bertz CT molecular complexity index is 1250. The normalized spacial score (nSPS) is 14.9. The van der Waals surface area contributed by atoms with Crippen LogP contribution >= 0.6 is 0 Å². The summed E-state index contributed by atoms with van der Waals surface area (Å²) in [7, 11) is 1.87. The van der Waals surface area contributed by atoms with Crippen molar-refractivity contribution in [3.63, 3.8) is 0 Å². The summed E-state index contributed by atoms with van der Waals surface area (Å²) in [4.78, 5) is 11.4. The minimum Gasteiger partial charge on any atom is -0.353 e. The first kappa shape index (κ1) is 20.4. The zero-order valence-electron chi connectivity index (χ0n) is 18.2. The Kier molecular flexibility index (Phi) is 5.48. The molecular weight excluding hydrogens is 407 g/mol. The Labute approximate surface area is 185 Å². The Morgan fingerprint density at radius 1 is 1.03 bits per heavy atom. The second-order valence-electron chi connectivity index (χ2n) is 8.18. The molecule has 3 aromatic heterocycles. The van der Waals surface area contributed by atoms with Gasteiger partial charge in [-0.15, -0.1) is 10.2 Å². The van der Waals surface area contributed by atoms with Gasteiger partial charge in [-0.05, 0) is 49.1 Å². The van der Waals surface area contributed by atoms with E-state index in [2.05, 4.69) is 35.5 Å². The summed E-state index contributed by atoms with van der Waals surface area (Å²) in [6, 6.07) is 7.26. The summed E-state index contributed by atoms with van der Waals surface area (Å²) in [6.45, 7) is 4.39. The lowest BCUT2D eigenvalue weighted by atomic mass is 10.0. The van der Waals surface area contributed by atoms with E-state index in [0.717, 1.165) is 66.1 Å². The Morgan fingerprint density at radius 2 is 1.81 bits per heavy atom. The molecule has 1 N–H and O–H groups in total. The smallest absolute Gasteiger partial charge is 0.179 e. The van der Waals surface area contributed by atoms with Crippen molar-refractivity contribution in [2.75, 3.05) is 18.0 Å². The molecule has 0 spiro atoms. The van der Waals surface area contributed by atoms with Crippen LogP contribution in [0.25, 0.3) is 22.4 Å². The zero-order chi connectivity index (χ0) is 22.1. The average Bonchev–Trinajstić information content (AvgIpc) is 3.24. The fraction of sp³-hybridized carbons (Fsp3) is 0.348. The molecule has 4 aromatic rings. The van der Waals surface area contributed by atoms with E-state index in [1.54, 1.807) is 29.3 Å². The quantitative estimate of drug-likeness (QED) is 0.519. The number of fused-ring (bicyclic) bond motifs is 1. The van der Waals surface area contributed by atoms with Gasteiger partial charge in [-0.2, -0.15) is 5.10 Å². The lowest BCUT2D eigenvalue weighted by Gasteiger charge is -2.33. The molecule has 0 radical (unpaired) electrons. The van der Waals surface area contributed by atoms with Crippen LogP contribution in [0.2, 0.25) is 0 Å². The Morgan fingerprint density at radius 3 is 2.53 bits per heavy atom. The van der Waals surface area contributed by atoms with Crippen LogP contribution in [0.4, 0.5) is 10.2 Å². The Balaban J connectivity index is 1.31. The minimum absolute atomic E-state index is 0.189. The molecule has 0 amide bonds. The van der Waals surface area contributed by atoms with Crippen LogP contribution in [0.3, 0.4) is 0 Å². The molecule has 0 bridgehead atoms. The third-order valence-corrected chi connectivity index (χ3v) is 6.12. The number of hydrogen-bond acceptors (Lipinski definition) is 7. The number of rotatable bonds is 5. The summed E-state index contributed by atoms with van der Waals surface area (Å²) in [5, 5.41) is 16.9. The predicted octanol–water partition coefficient (Wildman–Crippen LogP) is 3.03. The first-order chi connectivity index (χ1) is 15.6. The van der Waals surface area contributed by atoms with Crippen molar-refractivity contribution in [3.8, 4) is 11.4 Å². The molecule has 1 aromatic carbocycles. The highest BCUT2D eigenvalue weighted by Gasteiger charge is 2.24. The second-order valence-corrected chi connectivity index (χ2v) is 8.18. The predicted molar refractivity (Wildman–Crippen MR) is 121 cm³/mol. The largest absolute Gasteiger partial charge is 0.353 e. The van der Waals surface area contributed by atoms with Gasteiger partial charge in [-0.1, -0.05) is 6.07 Å². The van der Waals surface area contributed by atoms with Crippen LogP contribution in [0.1, 0.15) is 24.0 Å². The summed E-state index contributed by atoms with van der Waals surface area (Å²) in [5.41, 5.74) is 5.13. The van der Waals surface area contributed by atoms with E-state index < -0.39 is 0 Å². The van der Waals surface area contributed by atoms with Gasteiger partial charge < -0.3 is 10.2 Å². The van der Waals surface area contributed by atoms with Crippen LogP contribution in [0.15, 0.2) is 42.9 Å².